The molecule has 10 aromatic heterocycles. The number of H-pyrrole nitrogens is 7. The first kappa shape index (κ1) is 96.8. The van der Waals surface area contributed by atoms with Gasteiger partial charge in [-0.1, -0.05) is 76.6 Å². The topological polar surface area (TPSA) is 357 Å². The van der Waals surface area contributed by atoms with E-state index in [1.807, 2.05) is 152 Å². The van der Waals surface area contributed by atoms with Gasteiger partial charge in [-0.2, -0.15) is 0 Å². The molecule has 1 saturated heterocycles. The van der Waals surface area contributed by atoms with E-state index in [1.54, 1.807) is 89.1 Å². The number of allylic oxidation sites excluding steroid dienone is 1. The lowest BCUT2D eigenvalue weighted by atomic mass is 10.0. The Labute approximate surface area is 813 Å². The van der Waals surface area contributed by atoms with Gasteiger partial charge in [0.1, 0.15) is 34.3 Å². The Balaban J connectivity index is 0.000000134. The van der Waals surface area contributed by atoms with Crippen molar-refractivity contribution in [3.05, 3.63) is 340 Å². The summed E-state index contributed by atoms with van der Waals surface area (Å²) in [5.41, 5.74) is 18.7. The Kier molecular flexibility index (Phi) is 29.0. The summed E-state index contributed by atoms with van der Waals surface area (Å²) in [7, 11) is 4.75. The van der Waals surface area contributed by atoms with Crippen LogP contribution in [0.2, 0.25) is 0 Å². The van der Waals surface area contributed by atoms with Crippen LogP contribution in [-0.4, -0.2) is 145 Å². The molecule has 5 aliphatic rings. The van der Waals surface area contributed by atoms with Crippen LogP contribution >= 0.6 is 27.3 Å². The van der Waals surface area contributed by atoms with E-state index in [-0.39, 0.29) is 35.8 Å². The Morgan fingerprint density at radius 2 is 1.06 bits per heavy atom. The number of aromatic amines is 7. The first-order chi connectivity index (χ1) is 66.9. The van der Waals surface area contributed by atoms with Crippen molar-refractivity contribution >= 4 is 137 Å². The summed E-state index contributed by atoms with van der Waals surface area (Å²) < 4.78 is 40.9. The molecule has 14 aromatic rings. The molecule has 0 spiro atoms. The predicted molar refractivity (Wildman–Crippen MR) is 544 cm³/mol. The maximum Gasteiger partial charge on any atom is 0.419 e. The van der Waals surface area contributed by atoms with Gasteiger partial charge in [-0.05, 0) is 266 Å². The maximum absolute atomic E-state index is 14.0. The molecule has 4 aromatic carbocycles. The SMILES string of the molecule is CCOC(=O)C(=O)C1=c2ccccc2=NC1=c1cc(OC)/c(=C/c2[nH]c(C)c(C(=O)C(=O)OCC)c2C)[nH]1.CCOc1cc(=C2N=c3ccccc3=C2CCC2CCCN2)[nH]/c1=C\c1[nH]c(C)cc1C.COC1=CC(c2cc3cc(Br)ccc3n2C(=O)OC(C)(C)C)=N/C1=C\c1[nH]c(C)cc1C.COc1cc(=C2N=c3ccccc3=C2C(=O)c2ccc(-c3ccccn3)s2)[nH]/c1=C\c1[nH]c(C)cc1C. The van der Waals surface area contributed by atoms with Crippen LogP contribution in [0, 0.1) is 55.4 Å². The van der Waals surface area contributed by atoms with Crippen LogP contribution in [0.15, 0.2) is 212 Å². The minimum atomic E-state index is -0.964. The molecular weight excluding hydrogens is 1840 g/mol. The summed E-state index contributed by atoms with van der Waals surface area (Å²) in [4.78, 5) is 126. The number of carbonyl (C=O) groups is 6. The second kappa shape index (κ2) is 41.7. The number of ketones is 3. The van der Waals surface area contributed by atoms with Crippen molar-refractivity contribution in [2.24, 2.45) is 20.0 Å². The van der Waals surface area contributed by atoms with E-state index in [2.05, 4.69) is 141 Å². The van der Waals surface area contributed by atoms with Crippen LogP contribution in [0.1, 0.15) is 161 Å². The largest absolute Gasteiger partial charge is 0.494 e. The van der Waals surface area contributed by atoms with Gasteiger partial charge < -0.3 is 73.4 Å². The molecular formula is C110H109BrN14O13S. The molecule has 139 heavy (non-hydrogen) atoms. The number of esters is 2. The molecule has 19 rings (SSSR count). The smallest absolute Gasteiger partial charge is 0.419 e. The normalized spacial score (nSPS) is 15.9. The van der Waals surface area contributed by atoms with Gasteiger partial charge in [0.2, 0.25) is 5.78 Å². The third kappa shape index (κ3) is 21.0. The number of pyridine rings is 1. The maximum atomic E-state index is 14.0. The number of carbonyl (C=O) groups excluding carboxylic acids is 6. The van der Waals surface area contributed by atoms with E-state index in [0.29, 0.717) is 101 Å². The summed E-state index contributed by atoms with van der Waals surface area (Å²) in [6, 6.07) is 53.2. The number of para-hydroxylation sites is 3. The molecule has 0 aliphatic carbocycles. The molecule has 29 heteroatoms. The van der Waals surface area contributed by atoms with Crippen molar-refractivity contribution in [1.82, 2.24) is 49.8 Å². The Hall–Kier alpha value is -15.3. The zero-order valence-electron chi connectivity index (χ0n) is 80.6. The number of rotatable bonds is 22. The standard InChI is InChI=1S/C30H24N4O2S.C28H27N3O7.C27H32N4O.C25H26BrN3O3/c1-17-14-18(2)32-22(17)15-23-25(36-3)16-24(33-23)29-28(19-8-4-5-9-20(19)34-29)30(35)27-12-11-26(37-27)21-10-6-7-13-31-21;1-6-37-27(34)25(32)22-14(3)18(29-15(22)4)12-19-21(36-5)13-20(30-19)24-23(26(33)28(35)38-7-2)16-10-8-9-11-17(16)31-24;1-4-32-26-16-25(30-24(26)15-23-17(2)14-18(3)29-23)27-21(12-11-19-8-7-13-28-19)20-9-5-6-10-22(20)31-27;1-14-9-15(2)27-18(14)12-20-23(31-6)13-19(28-20)22-11-16-10-17(26)7-8-21(16)29(22)24(30)32-25(3,4)5/h4-16,32-33H,1-3H3;8-13,29-30H,6-7H2,1-5H3;5-6,9-10,14-16,19,28-30H,4,7-8,11-13H2,1-3H3;7-13,27H,1-6H3/b23-15-,29-24?;19-12-,24-20?;24-15-,27-25?;20-12-. The van der Waals surface area contributed by atoms with Crippen molar-refractivity contribution in [3.8, 4) is 27.8 Å². The molecule has 0 saturated carbocycles. The number of ether oxygens (including phenoxy) is 7. The van der Waals surface area contributed by atoms with E-state index in [1.165, 1.54) is 47.6 Å². The highest BCUT2D eigenvalue weighted by molar-refractivity contribution is 9.10. The van der Waals surface area contributed by atoms with Gasteiger partial charge in [-0.25, -0.2) is 38.9 Å². The van der Waals surface area contributed by atoms with E-state index < -0.39 is 35.2 Å². The fraction of sp³-hybridized carbons (Fsp3) is 0.245. The number of aromatic nitrogens is 9. The van der Waals surface area contributed by atoms with Crippen LogP contribution < -0.4 is 83.3 Å². The average molecular weight is 1950 g/mol. The molecule has 27 nitrogen and oxygen atoms in total. The van der Waals surface area contributed by atoms with Gasteiger partial charge >= 0.3 is 18.0 Å². The first-order valence-corrected chi connectivity index (χ1v) is 47.6. The number of nitrogens with zero attached hydrogens (tertiary/aromatic N) is 6. The van der Waals surface area contributed by atoms with Crippen LogP contribution in [0.3, 0.4) is 0 Å². The summed E-state index contributed by atoms with van der Waals surface area (Å²) >= 11 is 4.95. The number of aliphatic imine (C=N–C) groups is 1. The number of fused-ring (bicyclic) bond motifs is 4. The Morgan fingerprint density at radius 3 is 1.61 bits per heavy atom. The number of aryl methyl sites for hydroxylation is 7. The number of hydrogen-bond acceptors (Lipinski definition) is 20. The number of benzene rings is 4. The number of nitrogens with one attached hydrogen (secondary N) is 8. The fourth-order valence-electron chi connectivity index (χ4n) is 17.7. The third-order valence-corrected chi connectivity index (χ3v) is 25.6. The lowest BCUT2D eigenvalue weighted by molar-refractivity contribution is -0.150. The number of Topliss-reactive ketones (excluding diaryl/α,β-unsaturated/α-hetero) is 3. The Bertz CT molecular complexity index is 8230. The molecule has 0 radical (unpaired) electrons. The minimum absolute atomic E-state index is 0.0641. The number of halogens is 1. The molecule has 15 heterocycles. The van der Waals surface area contributed by atoms with Gasteiger partial charge in [-0.3, -0.25) is 19.4 Å². The summed E-state index contributed by atoms with van der Waals surface area (Å²) in [6.07, 6.45) is 15.7. The molecule has 0 amide bonds. The van der Waals surface area contributed by atoms with Crippen molar-refractivity contribution in [3.63, 3.8) is 0 Å². The average Bonchev–Trinajstić information content (AvgIpc) is 1.61. The predicted octanol–water partition coefficient (Wildman–Crippen LogP) is 12.5. The highest BCUT2D eigenvalue weighted by atomic mass is 79.9. The van der Waals surface area contributed by atoms with Crippen LogP contribution in [0.25, 0.3) is 79.6 Å². The molecule has 0 bridgehead atoms. The van der Waals surface area contributed by atoms with Gasteiger partial charge in [0.25, 0.3) is 11.6 Å². The molecule has 1 unspecified atom stereocenters. The van der Waals surface area contributed by atoms with E-state index in [9.17, 15) is 28.8 Å². The van der Waals surface area contributed by atoms with E-state index in [0.717, 1.165) is 139 Å². The highest BCUT2D eigenvalue weighted by Gasteiger charge is 2.33. The van der Waals surface area contributed by atoms with Crippen molar-refractivity contribution in [2.75, 3.05) is 47.7 Å². The molecule has 5 aliphatic heterocycles. The summed E-state index contributed by atoms with van der Waals surface area (Å²) in [5.74, 6) is -0.860. The second-order valence-corrected chi connectivity index (χ2v) is 37.1. The molecule has 710 valence electrons. The van der Waals surface area contributed by atoms with Crippen molar-refractivity contribution in [1.29, 1.82) is 0 Å². The van der Waals surface area contributed by atoms with E-state index >= 15 is 0 Å². The lowest BCUT2D eigenvalue weighted by Gasteiger charge is -2.20. The van der Waals surface area contributed by atoms with Crippen LogP contribution in [0.5, 0.6) is 17.2 Å². The van der Waals surface area contributed by atoms with Gasteiger partial charge in [-0.15, -0.1) is 11.3 Å². The Morgan fingerprint density at radius 1 is 0.532 bits per heavy atom. The fourth-order valence-corrected chi connectivity index (χ4v) is 19.0. The number of thiophene rings is 1. The first-order valence-electron chi connectivity index (χ1n) is 46.0. The van der Waals surface area contributed by atoms with Crippen LogP contribution in [0.4, 0.5) is 4.79 Å². The second-order valence-electron chi connectivity index (χ2n) is 35.1. The highest BCUT2D eigenvalue weighted by Crippen LogP contribution is 2.35. The lowest BCUT2D eigenvalue weighted by Crippen LogP contribution is -2.28. The molecule has 8 N–H and O–H groups in total. The summed E-state index contributed by atoms with van der Waals surface area (Å²) in [5, 5.41) is 14.0. The number of hydrogen-bond donors (Lipinski definition) is 8. The zero-order valence-corrected chi connectivity index (χ0v) is 83.0. The quantitative estimate of drug-likeness (QED) is 0.0135. The molecule has 1 fully saturated rings. The molecule has 1 atom stereocenters. The minimum Gasteiger partial charge on any atom is -0.494 e. The van der Waals surface area contributed by atoms with Crippen molar-refractivity contribution in [2.45, 2.75) is 134 Å². The van der Waals surface area contributed by atoms with Gasteiger partial charge in [0.05, 0.1) is 155 Å². The monoisotopic (exact) mass is 1940 g/mol. The van der Waals surface area contributed by atoms with E-state index in [4.69, 9.17) is 48.1 Å². The third-order valence-electron chi connectivity index (χ3n) is 24.0. The van der Waals surface area contributed by atoms with Gasteiger partial charge in [0, 0.05) is 108 Å². The number of methoxy groups -OCH3 is 3. The summed E-state index contributed by atoms with van der Waals surface area (Å²) in [6.45, 7) is 28.5. The van der Waals surface area contributed by atoms with Crippen molar-refractivity contribution < 1.29 is 61.9 Å². The van der Waals surface area contributed by atoms with Gasteiger partial charge in [0.15, 0.2) is 0 Å². The zero-order chi connectivity index (χ0) is 98.4. The van der Waals surface area contributed by atoms with Crippen LogP contribution in [-0.2, 0) is 33.3 Å².